The first kappa shape index (κ1) is 13.8. The van der Waals surface area contributed by atoms with Crippen LogP contribution in [0.15, 0.2) is 11.1 Å². The van der Waals surface area contributed by atoms with E-state index in [0.29, 0.717) is 0 Å². The molecule has 3 N–H and O–H groups in total. The molecular formula is C9H14N4O5S. The molecule has 1 aromatic rings. The van der Waals surface area contributed by atoms with Crippen molar-refractivity contribution in [2.75, 3.05) is 32.5 Å². The molecule has 1 aromatic heterocycles. The van der Waals surface area contributed by atoms with Gasteiger partial charge in [0, 0.05) is 6.54 Å². The number of morpholine rings is 1. The molecule has 19 heavy (non-hydrogen) atoms. The molecule has 0 saturated carbocycles. The zero-order valence-corrected chi connectivity index (χ0v) is 11.0. The van der Waals surface area contributed by atoms with Crippen LogP contribution in [0.5, 0.6) is 0 Å². The summed E-state index contributed by atoms with van der Waals surface area (Å²) < 4.78 is 35.4. The highest BCUT2D eigenvalue weighted by Gasteiger charge is 2.36. The summed E-state index contributed by atoms with van der Waals surface area (Å²) in [7, 11) is -2.58. The van der Waals surface area contributed by atoms with Gasteiger partial charge in [-0.05, 0) is 0 Å². The van der Waals surface area contributed by atoms with Crippen molar-refractivity contribution in [1.29, 1.82) is 0 Å². The number of esters is 1. The topological polar surface area (TPSA) is 128 Å². The minimum absolute atomic E-state index is 0.0406. The van der Waals surface area contributed by atoms with Crippen molar-refractivity contribution in [3.8, 4) is 0 Å². The quantitative estimate of drug-likeness (QED) is 0.652. The number of aromatic nitrogens is 2. The fraction of sp³-hybridized carbons (Fsp3) is 0.556. The van der Waals surface area contributed by atoms with Crippen LogP contribution in [0.25, 0.3) is 0 Å². The Kier molecular flexibility index (Phi) is 3.73. The van der Waals surface area contributed by atoms with Gasteiger partial charge in [0.2, 0.25) is 10.0 Å². The van der Waals surface area contributed by atoms with Gasteiger partial charge < -0.3 is 15.2 Å². The van der Waals surface area contributed by atoms with Crippen molar-refractivity contribution >= 4 is 21.8 Å². The molecule has 1 aliphatic heterocycles. The fourth-order valence-corrected chi connectivity index (χ4v) is 3.18. The van der Waals surface area contributed by atoms with E-state index < -0.39 is 22.1 Å². The van der Waals surface area contributed by atoms with Crippen LogP contribution < -0.4 is 5.73 Å². The van der Waals surface area contributed by atoms with Crippen molar-refractivity contribution in [1.82, 2.24) is 14.5 Å². The van der Waals surface area contributed by atoms with E-state index in [0.717, 1.165) is 10.5 Å². The van der Waals surface area contributed by atoms with Gasteiger partial charge in [-0.2, -0.15) is 9.40 Å². The van der Waals surface area contributed by atoms with Gasteiger partial charge in [-0.15, -0.1) is 0 Å². The number of aromatic amines is 1. The molecule has 0 aliphatic carbocycles. The molecule has 1 saturated heterocycles. The average molecular weight is 290 g/mol. The van der Waals surface area contributed by atoms with Gasteiger partial charge in [-0.3, -0.25) is 5.10 Å². The van der Waals surface area contributed by atoms with E-state index in [4.69, 9.17) is 10.5 Å². The van der Waals surface area contributed by atoms with Crippen molar-refractivity contribution in [3.63, 3.8) is 0 Å². The number of sulfonamides is 1. The van der Waals surface area contributed by atoms with Crippen molar-refractivity contribution in [3.05, 3.63) is 6.20 Å². The number of carbonyl (C=O) groups is 1. The van der Waals surface area contributed by atoms with Crippen molar-refractivity contribution in [2.45, 2.75) is 11.0 Å². The molecule has 2 rings (SSSR count). The Balaban J connectivity index is 2.22. The Morgan fingerprint density at radius 1 is 1.68 bits per heavy atom. The van der Waals surface area contributed by atoms with E-state index in [9.17, 15) is 13.2 Å². The number of rotatable bonds is 3. The third-order valence-corrected chi connectivity index (χ3v) is 4.64. The maximum atomic E-state index is 12.3. The first-order valence-electron chi connectivity index (χ1n) is 5.45. The smallest absolute Gasteiger partial charge is 0.336 e. The molecule has 0 aromatic carbocycles. The van der Waals surface area contributed by atoms with Gasteiger partial charge in [-0.1, -0.05) is 0 Å². The van der Waals surface area contributed by atoms with Crippen LogP contribution in [-0.2, 0) is 24.3 Å². The zero-order chi connectivity index (χ0) is 14.0. The lowest BCUT2D eigenvalue weighted by molar-refractivity contribution is -0.157. The fourth-order valence-electron chi connectivity index (χ4n) is 1.75. The number of nitrogens with zero attached hydrogens (tertiary/aromatic N) is 2. The van der Waals surface area contributed by atoms with Crippen LogP contribution in [0.4, 0.5) is 5.82 Å². The molecule has 1 fully saturated rings. The first-order chi connectivity index (χ1) is 8.96. The maximum Gasteiger partial charge on any atom is 0.336 e. The zero-order valence-electron chi connectivity index (χ0n) is 10.2. The molecule has 9 nitrogen and oxygen atoms in total. The van der Waals surface area contributed by atoms with Gasteiger partial charge in [-0.25, -0.2) is 13.2 Å². The third kappa shape index (κ3) is 2.55. The molecule has 1 atom stereocenters. The van der Waals surface area contributed by atoms with Gasteiger partial charge >= 0.3 is 5.97 Å². The largest absolute Gasteiger partial charge is 0.467 e. The van der Waals surface area contributed by atoms with Crippen LogP contribution in [0.3, 0.4) is 0 Å². The molecule has 0 bridgehead atoms. The summed E-state index contributed by atoms with van der Waals surface area (Å²) >= 11 is 0. The predicted molar refractivity (Wildman–Crippen MR) is 63.5 cm³/mol. The lowest BCUT2D eigenvalue weighted by Gasteiger charge is -2.30. The number of H-pyrrole nitrogens is 1. The summed E-state index contributed by atoms with van der Waals surface area (Å²) in [5, 5.41) is 5.93. The highest BCUT2D eigenvalue weighted by molar-refractivity contribution is 7.89. The molecule has 0 radical (unpaired) electrons. The van der Waals surface area contributed by atoms with Crippen LogP contribution in [0.2, 0.25) is 0 Å². The summed E-state index contributed by atoms with van der Waals surface area (Å²) in [5.74, 6) is -0.652. The molecule has 1 aliphatic rings. The molecule has 106 valence electrons. The van der Waals surface area contributed by atoms with Crippen molar-refractivity contribution in [2.24, 2.45) is 0 Å². The average Bonchev–Trinajstić information content (AvgIpc) is 2.85. The number of nitrogens with one attached hydrogen (secondary N) is 1. The van der Waals surface area contributed by atoms with Crippen molar-refractivity contribution < 1.29 is 22.7 Å². The molecule has 1 unspecified atom stereocenters. The normalized spacial score (nSPS) is 21.2. The van der Waals surface area contributed by atoms with Gasteiger partial charge in [0.25, 0.3) is 0 Å². The number of nitrogen functional groups attached to an aromatic ring is 1. The van der Waals surface area contributed by atoms with Crippen LogP contribution >= 0.6 is 0 Å². The van der Waals surface area contributed by atoms with Gasteiger partial charge in [0.15, 0.2) is 6.10 Å². The predicted octanol–water partition coefficient (Wildman–Crippen LogP) is -1.45. The molecular weight excluding hydrogens is 276 g/mol. The number of nitrogens with two attached hydrogens (primary N) is 1. The van der Waals surface area contributed by atoms with E-state index in [-0.39, 0.29) is 30.4 Å². The summed E-state index contributed by atoms with van der Waals surface area (Å²) in [4.78, 5) is 11.3. The monoisotopic (exact) mass is 290 g/mol. The Morgan fingerprint density at radius 3 is 3.00 bits per heavy atom. The Labute approximate surface area is 109 Å². The second-order valence-corrected chi connectivity index (χ2v) is 5.80. The second-order valence-electron chi connectivity index (χ2n) is 3.89. The standard InChI is InChI=1S/C9H14N4O5S/c1-17-9(14)6-5-13(2-3-18-6)19(15,16)7-4-11-12-8(7)10/h4,6H,2-3,5H2,1H3,(H3,10,11,12). The summed E-state index contributed by atoms with van der Waals surface area (Å²) in [6.45, 7) is 0.136. The minimum Gasteiger partial charge on any atom is -0.467 e. The van der Waals surface area contributed by atoms with E-state index in [1.807, 2.05) is 0 Å². The number of anilines is 1. The second kappa shape index (κ2) is 5.15. The lowest BCUT2D eigenvalue weighted by Crippen LogP contribution is -2.48. The number of hydrogen-bond donors (Lipinski definition) is 2. The summed E-state index contributed by atoms with van der Waals surface area (Å²) in [6, 6.07) is 0. The first-order valence-corrected chi connectivity index (χ1v) is 6.89. The van der Waals surface area contributed by atoms with Crippen LogP contribution in [-0.4, -0.2) is 61.8 Å². The number of ether oxygens (including phenoxy) is 2. The molecule has 0 amide bonds. The lowest BCUT2D eigenvalue weighted by atomic mass is 10.3. The van der Waals surface area contributed by atoms with E-state index >= 15 is 0 Å². The third-order valence-electron chi connectivity index (χ3n) is 2.74. The molecule has 0 spiro atoms. The maximum absolute atomic E-state index is 12.3. The highest BCUT2D eigenvalue weighted by atomic mass is 32.2. The number of methoxy groups -OCH3 is 1. The van der Waals surface area contributed by atoms with E-state index in [2.05, 4.69) is 14.9 Å². The number of hydrogen-bond acceptors (Lipinski definition) is 7. The SMILES string of the molecule is COC(=O)C1CN(S(=O)(=O)c2cn[nH]c2N)CCO1. The Hall–Kier alpha value is -1.65. The molecule has 10 heteroatoms. The Bertz CT molecular complexity index is 569. The van der Waals surface area contributed by atoms with Crippen LogP contribution in [0.1, 0.15) is 0 Å². The van der Waals surface area contributed by atoms with E-state index in [1.54, 1.807) is 0 Å². The summed E-state index contributed by atoms with van der Waals surface area (Å²) in [6.07, 6.45) is 0.203. The highest BCUT2D eigenvalue weighted by Crippen LogP contribution is 2.22. The minimum atomic E-state index is -3.80. The molecule has 2 heterocycles. The van der Waals surface area contributed by atoms with Gasteiger partial charge in [0.05, 0.1) is 26.5 Å². The van der Waals surface area contributed by atoms with E-state index in [1.165, 1.54) is 7.11 Å². The van der Waals surface area contributed by atoms with Gasteiger partial charge in [0.1, 0.15) is 10.7 Å². The summed E-state index contributed by atoms with van der Waals surface area (Å²) in [5.41, 5.74) is 5.51. The number of carbonyl (C=O) groups excluding carboxylic acids is 1. The van der Waals surface area contributed by atoms with Crippen LogP contribution in [0, 0.1) is 0 Å². The Morgan fingerprint density at radius 2 is 2.42 bits per heavy atom.